The molecule has 1 atom stereocenters. The molecule has 2 heterocycles. The average molecular weight is 322 g/mol. The van der Waals surface area contributed by atoms with Gasteiger partial charge in [-0.05, 0) is 24.5 Å². The number of nitrogens with zero attached hydrogens (tertiary/aromatic N) is 1. The van der Waals surface area contributed by atoms with Crippen LogP contribution in [0.15, 0.2) is 48.8 Å². The molecule has 0 spiro atoms. The second-order valence-electron chi connectivity index (χ2n) is 6.26. The van der Waals surface area contributed by atoms with Crippen molar-refractivity contribution in [3.63, 3.8) is 0 Å². The van der Waals surface area contributed by atoms with Crippen LogP contribution in [0, 0.1) is 12.8 Å². The van der Waals surface area contributed by atoms with Crippen LogP contribution in [0.3, 0.4) is 0 Å². The van der Waals surface area contributed by atoms with Crippen molar-refractivity contribution in [2.45, 2.75) is 26.8 Å². The van der Waals surface area contributed by atoms with E-state index in [9.17, 15) is 4.79 Å². The zero-order chi connectivity index (χ0) is 17.1. The van der Waals surface area contributed by atoms with Gasteiger partial charge in [-0.2, -0.15) is 0 Å². The molecular weight excluding hydrogens is 300 g/mol. The topological polar surface area (TPSA) is 73.6 Å². The Bertz CT molecular complexity index is 803. The maximum absolute atomic E-state index is 12.7. The lowest BCUT2D eigenvalue weighted by atomic mass is 10.0. The number of rotatable bonds is 5. The van der Waals surface area contributed by atoms with Gasteiger partial charge in [0.15, 0.2) is 0 Å². The van der Waals surface area contributed by atoms with Crippen LogP contribution in [0.1, 0.15) is 41.8 Å². The van der Waals surface area contributed by atoms with E-state index in [0.717, 1.165) is 22.8 Å². The number of carbonyl (C=O) groups excluding carboxylic acids is 1. The van der Waals surface area contributed by atoms with E-state index in [4.69, 9.17) is 0 Å². The molecule has 0 fully saturated rings. The monoisotopic (exact) mass is 322 g/mol. The van der Waals surface area contributed by atoms with Crippen LogP contribution in [-0.4, -0.2) is 20.9 Å². The van der Waals surface area contributed by atoms with Crippen LogP contribution in [-0.2, 0) is 0 Å². The molecule has 3 aromatic rings. The molecule has 0 saturated carbocycles. The number of carbonyl (C=O) groups is 1. The van der Waals surface area contributed by atoms with Crippen molar-refractivity contribution in [2.75, 3.05) is 0 Å². The molecule has 2 aromatic heterocycles. The Kier molecular flexibility index (Phi) is 4.51. The van der Waals surface area contributed by atoms with Crippen molar-refractivity contribution in [2.24, 2.45) is 5.92 Å². The van der Waals surface area contributed by atoms with Gasteiger partial charge in [0.2, 0.25) is 0 Å². The number of imidazole rings is 1. The molecule has 0 aliphatic heterocycles. The van der Waals surface area contributed by atoms with Crippen molar-refractivity contribution in [3.05, 3.63) is 65.9 Å². The molecule has 5 heteroatoms. The lowest BCUT2D eigenvalue weighted by molar-refractivity contribution is 0.0923. The van der Waals surface area contributed by atoms with E-state index in [-0.39, 0.29) is 17.9 Å². The van der Waals surface area contributed by atoms with Crippen LogP contribution >= 0.6 is 0 Å². The van der Waals surface area contributed by atoms with E-state index in [1.165, 1.54) is 0 Å². The van der Waals surface area contributed by atoms with E-state index >= 15 is 0 Å². The summed E-state index contributed by atoms with van der Waals surface area (Å²) in [5.74, 6) is 0.906. The minimum atomic E-state index is -0.151. The highest BCUT2D eigenvalue weighted by Crippen LogP contribution is 2.23. The smallest absolute Gasteiger partial charge is 0.253 e. The number of amides is 1. The molecule has 124 valence electrons. The standard InChI is InChI=1S/C19H22N4O/c1-12(2)17(18-20-9-10-21-18)23-19(24)15-11-16(22-13(15)3)14-7-5-4-6-8-14/h4-12,17,22H,1-3H3,(H,20,21)(H,23,24)/t17-/m0/s1. The fourth-order valence-corrected chi connectivity index (χ4v) is 2.78. The molecule has 0 aliphatic rings. The van der Waals surface area contributed by atoms with Gasteiger partial charge in [-0.15, -0.1) is 0 Å². The first-order chi connectivity index (χ1) is 11.6. The Balaban J connectivity index is 1.84. The van der Waals surface area contributed by atoms with Gasteiger partial charge < -0.3 is 15.3 Å². The number of benzene rings is 1. The molecule has 1 amide bonds. The zero-order valence-electron chi connectivity index (χ0n) is 14.1. The van der Waals surface area contributed by atoms with Crippen LogP contribution in [0.25, 0.3) is 11.3 Å². The number of hydrogen-bond acceptors (Lipinski definition) is 2. The summed E-state index contributed by atoms with van der Waals surface area (Å²) in [6, 6.07) is 11.7. The highest BCUT2D eigenvalue weighted by molar-refractivity contribution is 5.97. The van der Waals surface area contributed by atoms with Gasteiger partial charge in [-0.1, -0.05) is 44.2 Å². The summed E-state index contributed by atoms with van der Waals surface area (Å²) >= 11 is 0. The molecule has 3 N–H and O–H groups in total. The van der Waals surface area contributed by atoms with E-state index in [0.29, 0.717) is 5.56 Å². The van der Waals surface area contributed by atoms with Gasteiger partial charge in [0, 0.05) is 23.8 Å². The maximum atomic E-state index is 12.7. The van der Waals surface area contributed by atoms with Gasteiger partial charge in [-0.3, -0.25) is 4.79 Å². The predicted octanol–water partition coefficient (Wildman–Crippen LogP) is 3.84. The van der Waals surface area contributed by atoms with E-state index in [1.807, 2.05) is 43.3 Å². The Labute approximate surface area is 141 Å². The number of aryl methyl sites for hydroxylation is 1. The Hall–Kier alpha value is -2.82. The lowest BCUT2D eigenvalue weighted by Crippen LogP contribution is -2.32. The number of H-pyrrole nitrogens is 2. The minimum absolute atomic E-state index is 0.0963. The fourth-order valence-electron chi connectivity index (χ4n) is 2.78. The summed E-state index contributed by atoms with van der Waals surface area (Å²) < 4.78 is 0. The molecule has 24 heavy (non-hydrogen) atoms. The van der Waals surface area contributed by atoms with Gasteiger partial charge in [0.25, 0.3) is 5.91 Å². The summed E-state index contributed by atoms with van der Waals surface area (Å²) in [5.41, 5.74) is 3.52. The molecule has 0 bridgehead atoms. The van der Waals surface area contributed by atoms with Crippen molar-refractivity contribution in [1.29, 1.82) is 0 Å². The number of hydrogen-bond donors (Lipinski definition) is 3. The Morgan fingerprint density at radius 3 is 2.58 bits per heavy atom. The zero-order valence-corrected chi connectivity index (χ0v) is 14.1. The Morgan fingerprint density at radius 2 is 1.96 bits per heavy atom. The van der Waals surface area contributed by atoms with Crippen molar-refractivity contribution >= 4 is 5.91 Å². The molecule has 0 unspecified atom stereocenters. The van der Waals surface area contributed by atoms with Crippen molar-refractivity contribution < 1.29 is 4.79 Å². The van der Waals surface area contributed by atoms with Gasteiger partial charge >= 0.3 is 0 Å². The van der Waals surface area contributed by atoms with Crippen LogP contribution < -0.4 is 5.32 Å². The molecule has 0 radical (unpaired) electrons. The molecular formula is C19H22N4O. The third kappa shape index (κ3) is 3.25. The first-order valence-electron chi connectivity index (χ1n) is 8.11. The van der Waals surface area contributed by atoms with Crippen LogP contribution in [0.5, 0.6) is 0 Å². The van der Waals surface area contributed by atoms with Gasteiger partial charge in [0.05, 0.1) is 11.6 Å². The second kappa shape index (κ2) is 6.74. The minimum Gasteiger partial charge on any atom is -0.358 e. The van der Waals surface area contributed by atoms with Crippen molar-refractivity contribution in [1.82, 2.24) is 20.3 Å². The predicted molar refractivity (Wildman–Crippen MR) is 94.6 cm³/mol. The molecule has 1 aromatic carbocycles. The number of aromatic amines is 2. The molecule has 3 rings (SSSR count). The first-order valence-corrected chi connectivity index (χ1v) is 8.11. The van der Waals surface area contributed by atoms with E-state index in [1.54, 1.807) is 12.4 Å². The Morgan fingerprint density at radius 1 is 1.21 bits per heavy atom. The highest BCUT2D eigenvalue weighted by atomic mass is 16.1. The molecule has 0 saturated heterocycles. The van der Waals surface area contributed by atoms with E-state index < -0.39 is 0 Å². The third-order valence-corrected chi connectivity index (χ3v) is 4.11. The summed E-state index contributed by atoms with van der Waals surface area (Å²) in [7, 11) is 0. The van der Waals surface area contributed by atoms with Crippen LogP contribution in [0.2, 0.25) is 0 Å². The summed E-state index contributed by atoms with van der Waals surface area (Å²) in [6.07, 6.45) is 3.47. The number of aromatic nitrogens is 3. The largest absolute Gasteiger partial charge is 0.358 e. The summed E-state index contributed by atoms with van der Waals surface area (Å²) in [4.78, 5) is 23.4. The normalized spacial score (nSPS) is 12.3. The summed E-state index contributed by atoms with van der Waals surface area (Å²) in [5, 5.41) is 3.09. The number of nitrogens with one attached hydrogen (secondary N) is 3. The quantitative estimate of drug-likeness (QED) is 0.667. The maximum Gasteiger partial charge on any atom is 0.253 e. The first kappa shape index (κ1) is 16.1. The fraction of sp³-hybridized carbons (Fsp3) is 0.263. The second-order valence-corrected chi connectivity index (χ2v) is 6.26. The van der Waals surface area contributed by atoms with Gasteiger partial charge in [0.1, 0.15) is 5.82 Å². The van der Waals surface area contributed by atoms with Gasteiger partial charge in [-0.25, -0.2) is 4.98 Å². The van der Waals surface area contributed by atoms with E-state index in [2.05, 4.69) is 34.1 Å². The van der Waals surface area contributed by atoms with Crippen LogP contribution in [0.4, 0.5) is 0 Å². The molecule has 0 aliphatic carbocycles. The molecule has 5 nitrogen and oxygen atoms in total. The third-order valence-electron chi connectivity index (χ3n) is 4.11. The highest BCUT2D eigenvalue weighted by Gasteiger charge is 2.23. The SMILES string of the molecule is Cc1[nH]c(-c2ccccc2)cc1C(=O)N[C@H](c1ncc[nH]1)C(C)C. The van der Waals surface area contributed by atoms with Crippen molar-refractivity contribution in [3.8, 4) is 11.3 Å². The summed E-state index contributed by atoms with van der Waals surface area (Å²) in [6.45, 7) is 6.04. The average Bonchev–Trinajstić information content (AvgIpc) is 3.22. The lowest BCUT2D eigenvalue weighted by Gasteiger charge is -2.20.